The number of hydrogen-bond acceptors (Lipinski definition) is 3. The van der Waals surface area contributed by atoms with Crippen LogP contribution in [0.4, 0.5) is 5.69 Å². The molecule has 0 aliphatic carbocycles. The van der Waals surface area contributed by atoms with Crippen molar-refractivity contribution in [2.45, 2.75) is 26.7 Å². The van der Waals surface area contributed by atoms with E-state index in [-0.39, 0.29) is 5.91 Å². The predicted molar refractivity (Wildman–Crippen MR) is 72.9 cm³/mol. The maximum absolute atomic E-state index is 12.2. The average Bonchev–Trinajstić information content (AvgIpc) is 2.94. The van der Waals surface area contributed by atoms with E-state index in [2.05, 4.69) is 23.7 Å². The van der Waals surface area contributed by atoms with E-state index in [1.807, 2.05) is 17.0 Å². The van der Waals surface area contributed by atoms with E-state index < -0.39 is 0 Å². The quantitative estimate of drug-likeness (QED) is 0.818. The topological polar surface area (TPSA) is 36.4 Å². The fourth-order valence-electron chi connectivity index (χ4n) is 2.40. The number of pyridine rings is 1. The number of aromatic nitrogens is 1. The highest BCUT2D eigenvalue weighted by Crippen LogP contribution is 2.17. The molecule has 0 bridgehead atoms. The van der Waals surface area contributed by atoms with Crippen LogP contribution in [-0.4, -0.2) is 42.0 Å². The van der Waals surface area contributed by atoms with Gasteiger partial charge >= 0.3 is 0 Å². The zero-order valence-corrected chi connectivity index (χ0v) is 11.2. The van der Waals surface area contributed by atoms with Crippen molar-refractivity contribution < 1.29 is 4.79 Å². The number of carbonyl (C=O) groups is 1. The van der Waals surface area contributed by atoms with E-state index in [9.17, 15) is 4.79 Å². The van der Waals surface area contributed by atoms with Gasteiger partial charge in [0.2, 0.25) is 0 Å². The van der Waals surface area contributed by atoms with Gasteiger partial charge in [-0.2, -0.15) is 0 Å². The molecule has 0 spiro atoms. The second-order valence-corrected chi connectivity index (χ2v) is 4.57. The van der Waals surface area contributed by atoms with Crippen molar-refractivity contribution in [3.05, 3.63) is 24.0 Å². The van der Waals surface area contributed by atoms with Gasteiger partial charge in [-0.05, 0) is 38.8 Å². The molecule has 18 heavy (non-hydrogen) atoms. The summed E-state index contributed by atoms with van der Waals surface area (Å²) >= 11 is 0. The van der Waals surface area contributed by atoms with Crippen molar-refractivity contribution in [1.82, 2.24) is 9.88 Å². The van der Waals surface area contributed by atoms with Crippen LogP contribution >= 0.6 is 0 Å². The summed E-state index contributed by atoms with van der Waals surface area (Å²) in [6, 6.07) is 3.88. The highest BCUT2D eigenvalue weighted by molar-refractivity contribution is 5.93. The summed E-state index contributed by atoms with van der Waals surface area (Å²) in [5.74, 6) is 0.0708. The molecule has 2 heterocycles. The average molecular weight is 247 g/mol. The van der Waals surface area contributed by atoms with E-state index in [0.29, 0.717) is 5.69 Å². The Bertz CT molecular complexity index is 409. The van der Waals surface area contributed by atoms with Gasteiger partial charge in [0.1, 0.15) is 5.69 Å². The van der Waals surface area contributed by atoms with Crippen molar-refractivity contribution in [2.75, 3.05) is 31.1 Å². The fourth-order valence-corrected chi connectivity index (χ4v) is 2.40. The molecule has 1 aromatic heterocycles. The molecule has 1 fully saturated rings. The van der Waals surface area contributed by atoms with Crippen molar-refractivity contribution in [3.8, 4) is 0 Å². The summed E-state index contributed by atoms with van der Waals surface area (Å²) in [6.45, 7) is 7.86. The standard InChI is InChI=1S/C14H21N3O/c1-3-16(4-2)12-7-8-15-13(11-12)14(18)17-9-5-6-10-17/h7-8,11H,3-6,9-10H2,1-2H3. The van der Waals surface area contributed by atoms with Gasteiger partial charge in [-0.25, -0.2) is 0 Å². The Balaban J connectivity index is 2.18. The number of carbonyl (C=O) groups excluding carboxylic acids is 1. The van der Waals surface area contributed by atoms with Crippen LogP contribution in [0.3, 0.4) is 0 Å². The van der Waals surface area contributed by atoms with Crippen LogP contribution in [0.25, 0.3) is 0 Å². The van der Waals surface area contributed by atoms with E-state index in [1.54, 1.807) is 6.20 Å². The third-order valence-electron chi connectivity index (χ3n) is 3.48. The van der Waals surface area contributed by atoms with Crippen LogP contribution in [0.5, 0.6) is 0 Å². The lowest BCUT2D eigenvalue weighted by Crippen LogP contribution is -2.29. The molecule has 1 aliphatic rings. The van der Waals surface area contributed by atoms with Gasteiger partial charge in [-0.15, -0.1) is 0 Å². The summed E-state index contributed by atoms with van der Waals surface area (Å²) in [6.07, 6.45) is 3.96. The third kappa shape index (κ3) is 2.63. The Labute approximate surface area is 109 Å². The van der Waals surface area contributed by atoms with Gasteiger partial charge in [-0.1, -0.05) is 0 Å². The first-order valence-electron chi connectivity index (χ1n) is 6.76. The van der Waals surface area contributed by atoms with Crippen LogP contribution < -0.4 is 4.90 Å². The van der Waals surface area contributed by atoms with E-state index in [1.165, 1.54) is 0 Å². The number of anilines is 1. The van der Waals surface area contributed by atoms with Crippen LogP contribution in [0.15, 0.2) is 18.3 Å². The van der Waals surface area contributed by atoms with Crippen molar-refractivity contribution >= 4 is 11.6 Å². The summed E-state index contributed by atoms with van der Waals surface area (Å²) < 4.78 is 0. The molecule has 4 heteroatoms. The maximum Gasteiger partial charge on any atom is 0.272 e. The van der Waals surface area contributed by atoms with Crippen molar-refractivity contribution in [2.24, 2.45) is 0 Å². The first-order valence-corrected chi connectivity index (χ1v) is 6.76. The molecule has 0 aromatic carbocycles. The largest absolute Gasteiger partial charge is 0.372 e. The first-order chi connectivity index (χ1) is 8.76. The van der Waals surface area contributed by atoms with E-state index in [4.69, 9.17) is 0 Å². The molecule has 0 saturated carbocycles. The number of nitrogens with zero attached hydrogens (tertiary/aromatic N) is 3. The van der Waals surface area contributed by atoms with Crippen molar-refractivity contribution in [1.29, 1.82) is 0 Å². The molecule has 0 N–H and O–H groups in total. The molecule has 1 aromatic rings. The number of amides is 1. The molecule has 1 saturated heterocycles. The van der Waals surface area contributed by atoms with Crippen molar-refractivity contribution in [3.63, 3.8) is 0 Å². The molecule has 1 aliphatic heterocycles. The Hall–Kier alpha value is -1.58. The summed E-state index contributed by atoms with van der Waals surface area (Å²) in [7, 11) is 0. The van der Waals surface area contributed by atoms with Gasteiger partial charge in [0.25, 0.3) is 5.91 Å². The van der Waals surface area contributed by atoms with Gasteiger partial charge in [0.05, 0.1) is 0 Å². The molecule has 98 valence electrons. The Morgan fingerprint density at radius 1 is 1.33 bits per heavy atom. The molecule has 2 rings (SSSR count). The normalized spacial score (nSPS) is 14.9. The zero-order chi connectivity index (χ0) is 13.0. The maximum atomic E-state index is 12.2. The van der Waals surface area contributed by atoms with Crippen LogP contribution in [0, 0.1) is 0 Å². The highest BCUT2D eigenvalue weighted by Gasteiger charge is 2.20. The molecule has 1 amide bonds. The second-order valence-electron chi connectivity index (χ2n) is 4.57. The Kier molecular flexibility index (Phi) is 4.18. The minimum Gasteiger partial charge on any atom is -0.372 e. The van der Waals surface area contributed by atoms with E-state index in [0.717, 1.165) is 44.7 Å². The second kappa shape index (κ2) is 5.85. The summed E-state index contributed by atoms with van der Waals surface area (Å²) in [5, 5.41) is 0. The molecule has 4 nitrogen and oxygen atoms in total. The molecule has 0 radical (unpaired) electrons. The van der Waals surface area contributed by atoms with Crippen LogP contribution in [0.1, 0.15) is 37.2 Å². The summed E-state index contributed by atoms with van der Waals surface area (Å²) in [5.41, 5.74) is 1.65. The van der Waals surface area contributed by atoms with Gasteiger partial charge in [0.15, 0.2) is 0 Å². The first kappa shape index (κ1) is 12.9. The van der Waals surface area contributed by atoms with Gasteiger partial charge in [-0.3, -0.25) is 9.78 Å². The Morgan fingerprint density at radius 3 is 2.61 bits per heavy atom. The van der Waals surface area contributed by atoms with Crippen LogP contribution in [-0.2, 0) is 0 Å². The van der Waals surface area contributed by atoms with Gasteiger partial charge in [0, 0.05) is 38.1 Å². The van der Waals surface area contributed by atoms with E-state index >= 15 is 0 Å². The SMILES string of the molecule is CCN(CC)c1ccnc(C(=O)N2CCCC2)c1. The molecular weight excluding hydrogens is 226 g/mol. The minimum atomic E-state index is 0.0708. The number of likely N-dealkylation sites (tertiary alicyclic amines) is 1. The fraction of sp³-hybridized carbons (Fsp3) is 0.571. The van der Waals surface area contributed by atoms with Gasteiger partial charge < -0.3 is 9.80 Å². The lowest BCUT2D eigenvalue weighted by molar-refractivity contribution is 0.0787. The number of rotatable bonds is 4. The monoisotopic (exact) mass is 247 g/mol. The lowest BCUT2D eigenvalue weighted by Gasteiger charge is -2.22. The smallest absolute Gasteiger partial charge is 0.272 e. The summed E-state index contributed by atoms with van der Waals surface area (Å²) in [4.78, 5) is 20.6. The van der Waals surface area contributed by atoms with Crippen LogP contribution in [0.2, 0.25) is 0 Å². The minimum absolute atomic E-state index is 0.0708. The molecule has 0 atom stereocenters. The predicted octanol–water partition coefficient (Wildman–Crippen LogP) is 2.16. The molecular formula is C14H21N3O. The zero-order valence-electron chi connectivity index (χ0n) is 11.2. The molecule has 0 unspecified atom stereocenters. The third-order valence-corrected chi connectivity index (χ3v) is 3.48. The lowest BCUT2D eigenvalue weighted by atomic mass is 10.2. The number of hydrogen-bond donors (Lipinski definition) is 0. The highest BCUT2D eigenvalue weighted by atomic mass is 16.2. The Morgan fingerprint density at radius 2 is 2.00 bits per heavy atom.